The van der Waals surface area contributed by atoms with E-state index in [1.165, 1.54) is 20.4 Å². The van der Waals surface area contributed by atoms with Crippen LogP contribution >= 0.6 is 0 Å². The molecular weight excluding hydrogens is 322 g/mol. The standard InChI is InChI=1S/C19H19NO5/c1-23-18(21)14-4-3-13-10-15(6-5-12(13)9-14)25-16-7-8-20-17(11-16)19(22)24-2/h3-4,7-9,11,15H,5-6,10H2,1-2H3. The molecule has 1 aromatic carbocycles. The zero-order valence-electron chi connectivity index (χ0n) is 14.2. The summed E-state index contributed by atoms with van der Waals surface area (Å²) in [7, 11) is 2.70. The third-order valence-electron chi connectivity index (χ3n) is 4.24. The topological polar surface area (TPSA) is 74.7 Å². The van der Waals surface area contributed by atoms with Crippen LogP contribution in [0.15, 0.2) is 36.5 Å². The van der Waals surface area contributed by atoms with Gasteiger partial charge in [0.1, 0.15) is 11.9 Å². The molecule has 0 amide bonds. The SMILES string of the molecule is COC(=O)c1ccc2c(c1)CCC(Oc1ccnc(C(=O)OC)c1)C2. The number of rotatable bonds is 4. The highest BCUT2D eigenvalue weighted by Crippen LogP contribution is 2.26. The van der Waals surface area contributed by atoms with Gasteiger partial charge in [-0.2, -0.15) is 0 Å². The molecule has 0 spiro atoms. The monoisotopic (exact) mass is 341 g/mol. The Morgan fingerprint density at radius 2 is 1.84 bits per heavy atom. The Balaban J connectivity index is 1.71. The predicted octanol–water partition coefficient (Wildman–Crippen LogP) is 2.59. The molecule has 6 nitrogen and oxygen atoms in total. The third kappa shape index (κ3) is 3.79. The van der Waals surface area contributed by atoms with Gasteiger partial charge in [0.05, 0.1) is 19.8 Å². The van der Waals surface area contributed by atoms with Crippen LogP contribution in [0.4, 0.5) is 0 Å². The minimum absolute atomic E-state index is 0.00405. The van der Waals surface area contributed by atoms with Gasteiger partial charge < -0.3 is 14.2 Å². The summed E-state index contributed by atoms with van der Waals surface area (Å²) in [5, 5.41) is 0. The molecule has 0 N–H and O–H groups in total. The number of nitrogens with zero attached hydrogens (tertiary/aromatic N) is 1. The van der Waals surface area contributed by atoms with Crippen LogP contribution in [-0.2, 0) is 22.3 Å². The van der Waals surface area contributed by atoms with Crippen molar-refractivity contribution in [3.8, 4) is 5.75 Å². The van der Waals surface area contributed by atoms with E-state index in [0.29, 0.717) is 11.3 Å². The number of ether oxygens (including phenoxy) is 3. The first-order valence-electron chi connectivity index (χ1n) is 8.02. The lowest BCUT2D eigenvalue weighted by molar-refractivity contribution is 0.0587. The second-order valence-electron chi connectivity index (χ2n) is 5.83. The van der Waals surface area contributed by atoms with Gasteiger partial charge in [-0.1, -0.05) is 6.07 Å². The fourth-order valence-electron chi connectivity index (χ4n) is 2.96. The van der Waals surface area contributed by atoms with Crippen molar-refractivity contribution in [1.29, 1.82) is 0 Å². The number of carbonyl (C=O) groups excluding carboxylic acids is 2. The van der Waals surface area contributed by atoms with Crippen LogP contribution in [0, 0.1) is 0 Å². The highest BCUT2D eigenvalue weighted by Gasteiger charge is 2.22. The highest BCUT2D eigenvalue weighted by molar-refractivity contribution is 5.89. The molecule has 1 aliphatic rings. The van der Waals surface area contributed by atoms with Crippen molar-refractivity contribution in [2.24, 2.45) is 0 Å². The van der Waals surface area contributed by atoms with E-state index in [1.54, 1.807) is 18.2 Å². The van der Waals surface area contributed by atoms with E-state index in [9.17, 15) is 9.59 Å². The van der Waals surface area contributed by atoms with Gasteiger partial charge in [0, 0.05) is 18.7 Å². The molecule has 1 aromatic heterocycles. The Morgan fingerprint density at radius 3 is 2.60 bits per heavy atom. The van der Waals surface area contributed by atoms with Crippen LogP contribution in [0.3, 0.4) is 0 Å². The van der Waals surface area contributed by atoms with Crippen molar-refractivity contribution in [2.75, 3.05) is 14.2 Å². The molecule has 0 bridgehead atoms. The van der Waals surface area contributed by atoms with E-state index in [4.69, 9.17) is 9.47 Å². The van der Waals surface area contributed by atoms with E-state index >= 15 is 0 Å². The minimum atomic E-state index is -0.491. The summed E-state index contributed by atoms with van der Waals surface area (Å²) in [5.41, 5.74) is 3.09. The van der Waals surface area contributed by atoms with E-state index in [1.807, 2.05) is 12.1 Å². The summed E-state index contributed by atoms with van der Waals surface area (Å²) in [6.07, 6.45) is 3.92. The molecule has 6 heteroatoms. The number of esters is 2. The molecule has 0 saturated carbocycles. The van der Waals surface area contributed by atoms with Crippen molar-refractivity contribution in [3.05, 3.63) is 58.9 Å². The molecule has 25 heavy (non-hydrogen) atoms. The van der Waals surface area contributed by atoms with Crippen LogP contribution in [0.1, 0.15) is 38.4 Å². The van der Waals surface area contributed by atoms with Crippen LogP contribution in [-0.4, -0.2) is 37.2 Å². The number of methoxy groups -OCH3 is 2. The molecule has 2 aromatic rings. The molecule has 130 valence electrons. The second kappa shape index (κ2) is 7.34. The molecule has 1 aliphatic carbocycles. The number of aryl methyl sites for hydroxylation is 1. The molecule has 3 rings (SSSR count). The lowest BCUT2D eigenvalue weighted by atomic mass is 9.88. The summed E-state index contributed by atoms with van der Waals surface area (Å²) < 4.78 is 15.4. The fourth-order valence-corrected chi connectivity index (χ4v) is 2.96. The number of hydrogen-bond donors (Lipinski definition) is 0. The van der Waals surface area contributed by atoms with Gasteiger partial charge in [-0.15, -0.1) is 0 Å². The fraction of sp³-hybridized carbons (Fsp3) is 0.316. The van der Waals surface area contributed by atoms with E-state index < -0.39 is 5.97 Å². The Morgan fingerprint density at radius 1 is 1.04 bits per heavy atom. The zero-order valence-corrected chi connectivity index (χ0v) is 14.2. The average molecular weight is 341 g/mol. The maximum Gasteiger partial charge on any atom is 0.356 e. The first-order chi connectivity index (χ1) is 12.1. The summed E-state index contributed by atoms with van der Waals surface area (Å²) in [4.78, 5) is 27.2. The molecule has 0 aliphatic heterocycles. The van der Waals surface area contributed by atoms with E-state index in [0.717, 1.165) is 30.4 Å². The Bertz CT molecular complexity index is 802. The smallest absolute Gasteiger partial charge is 0.356 e. The summed E-state index contributed by atoms with van der Waals surface area (Å²) in [5.74, 6) is -0.224. The molecule has 1 unspecified atom stereocenters. The average Bonchev–Trinajstić information content (AvgIpc) is 2.66. The normalized spacial score (nSPS) is 15.8. The number of pyridine rings is 1. The van der Waals surface area contributed by atoms with Gasteiger partial charge in [0.15, 0.2) is 5.69 Å². The predicted molar refractivity (Wildman–Crippen MR) is 89.8 cm³/mol. The molecular formula is C19H19NO5. The van der Waals surface area contributed by atoms with Gasteiger partial charge in [0.25, 0.3) is 0 Å². The third-order valence-corrected chi connectivity index (χ3v) is 4.24. The van der Waals surface area contributed by atoms with Gasteiger partial charge in [0.2, 0.25) is 0 Å². The van der Waals surface area contributed by atoms with Gasteiger partial charge in [-0.3, -0.25) is 0 Å². The molecule has 0 fully saturated rings. The number of hydrogen-bond acceptors (Lipinski definition) is 6. The number of benzene rings is 1. The lowest BCUT2D eigenvalue weighted by Gasteiger charge is -2.26. The quantitative estimate of drug-likeness (QED) is 0.796. The number of carbonyl (C=O) groups is 2. The maximum absolute atomic E-state index is 11.6. The van der Waals surface area contributed by atoms with Crippen molar-refractivity contribution < 1.29 is 23.8 Å². The number of fused-ring (bicyclic) bond motifs is 1. The molecule has 1 heterocycles. The molecule has 0 radical (unpaired) electrons. The summed E-state index contributed by atoms with van der Waals surface area (Å²) in [6.45, 7) is 0. The number of aromatic nitrogens is 1. The Hall–Kier alpha value is -2.89. The maximum atomic E-state index is 11.6. The van der Waals surface area contributed by atoms with Gasteiger partial charge in [-0.05, 0) is 42.2 Å². The van der Waals surface area contributed by atoms with Crippen molar-refractivity contribution in [1.82, 2.24) is 4.98 Å². The molecule has 0 saturated heterocycles. The van der Waals surface area contributed by atoms with Crippen molar-refractivity contribution in [2.45, 2.75) is 25.4 Å². The van der Waals surface area contributed by atoms with Crippen LogP contribution in [0.2, 0.25) is 0 Å². The van der Waals surface area contributed by atoms with Crippen LogP contribution < -0.4 is 4.74 Å². The lowest BCUT2D eigenvalue weighted by Crippen LogP contribution is -2.25. The Kier molecular flexibility index (Phi) is 4.97. The highest BCUT2D eigenvalue weighted by atomic mass is 16.5. The van der Waals surface area contributed by atoms with Crippen molar-refractivity contribution in [3.63, 3.8) is 0 Å². The first-order valence-corrected chi connectivity index (χ1v) is 8.02. The van der Waals surface area contributed by atoms with E-state index in [-0.39, 0.29) is 17.8 Å². The van der Waals surface area contributed by atoms with Crippen molar-refractivity contribution >= 4 is 11.9 Å². The second-order valence-corrected chi connectivity index (χ2v) is 5.83. The largest absolute Gasteiger partial charge is 0.490 e. The minimum Gasteiger partial charge on any atom is -0.490 e. The van der Waals surface area contributed by atoms with Crippen LogP contribution in [0.5, 0.6) is 5.75 Å². The van der Waals surface area contributed by atoms with Crippen LogP contribution in [0.25, 0.3) is 0 Å². The van der Waals surface area contributed by atoms with Gasteiger partial charge >= 0.3 is 11.9 Å². The first kappa shape index (κ1) is 17.0. The van der Waals surface area contributed by atoms with E-state index in [2.05, 4.69) is 9.72 Å². The Labute approximate surface area is 145 Å². The zero-order chi connectivity index (χ0) is 17.8. The summed E-state index contributed by atoms with van der Waals surface area (Å²) in [6, 6.07) is 8.92. The van der Waals surface area contributed by atoms with Gasteiger partial charge in [-0.25, -0.2) is 14.6 Å². The summed E-state index contributed by atoms with van der Waals surface area (Å²) >= 11 is 0. The molecule has 1 atom stereocenters.